The fourth-order valence-corrected chi connectivity index (χ4v) is 3.67. The average Bonchev–Trinajstić information content (AvgIpc) is 3.04. The largest absolute Gasteiger partial charge is 0.472 e. The Morgan fingerprint density at radius 2 is 1.88 bits per heavy atom. The standard InChI is InChI=1S/C11H23NO11P2/c1-18-24(14,15)20-6-10-8(2-3-19-10)23-25(16,17)21-5-9-7(13)4-11(12)22-9/h7-11,13H,2-6,12H2,1H3,(H,14,15)(H,16,17)/i3D. The number of aliphatic hydroxyl groups excluding tert-OH is 1. The number of nitrogens with two attached hydrogens (primary N) is 1. The van der Waals surface area contributed by atoms with Gasteiger partial charge in [-0.25, -0.2) is 9.13 Å². The fourth-order valence-electron chi connectivity index (χ4n) is 2.27. The van der Waals surface area contributed by atoms with Crippen molar-refractivity contribution in [3.05, 3.63) is 0 Å². The molecule has 2 aliphatic heterocycles. The summed E-state index contributed by atoms with van der Waals surface area (Å²) in [5.74, 6) is 0. The SMILES string of the molecule is [2H]C1CC(OP(=O)(O)OCC2OC(N)CC2O)C(COP(=O)(O)OC)O1. The van der Waals surface area contributed by atoms with Gasteiger partial charge in [-0.2, -0.15) is 0 Å². The molecule has 8 unspecified atom stereocenters. The Bertz CT molecular complexity index is 568. The summed E-state index contributed by atoms with van der Waals surface area (Å²) in [5.41, 5.74) is 5.49. The predicted molar refractivity (Wildman–Crippen MR) is 81.3 cm³/mol. The maximum absolute atomic E-state index is 12.1. The van der Waals surface area contributed by atoms with E-state index in [1.165, 1.54) is 0 Å². The number of phosphoric ester groups is 2. The molecule has 2 fully saturated rings. The number of rotatable bonds is 9. The summed E-state index contributed by atoms with van der Waals surface area (Å²) in [6.07, 6.45) is -4.58. The van der Waals surface area contributed by atoms with Gasteiger partial charge in [0.05, 0.1) is 20.7 Å². The first-order valence-electron chi connectivity index (χ1n) is 7.94. The molecule has 12 nitrogen and oxygen atoms in total. The van der Waals surface area contributed by atoms with Crippen LogP contribution in [0.5, 0.6) is 0 Å². The van der Waals surface area contributed by atoms with Crippen LogP contribution in [0, 0.1) is 0 Å². The highest BCUT2D eigenvalue weighted by Crippen LogP contribution is 2.48. The second-order valence-electron chi connectivity index (χ2n) is 5.45. The van der Waals surface area contributed by atoms with Crippen LogP contribution in [0.15, 0.2) is 0 Å². The number of hydrogen-bond donors (Lipinski definition) is 4. The molecule has 8 atom stereocenters. The Morgan fingerprint density at radius 1 is 1.24 bits per heavy atom. The van der Waals surface area contributed by atoms with Crippen molar-refractivity contribution in [3.8, 4) is 0 Å². The summed E-state index contributed by atoms with van der Waals surface area (Å²) in [6.45, 7) is -2.01. The van der Waals surface area contributed by atoms with Crippen molar-refractivity contribution in [1.29, 1.82) is 0 Å². The van der Waals surface area contributed by atoms with Crippen molar-refractivity contribution in [2.24, 2.45) is 5.73 Å². The van der Waals surface area contributed by atoms with E-state index in [0.29, 0.717) is 0 Å². The third-order valence-electron chi connectivity index (χ3n) is 3.57. The Morgan fingerprint density at radius 3 is 2.48 bits per heavy atom. The van der Waals surface area contributed by atoms with Gasteiger partial charge in [0.25, 0.3) is 0 Å². The molecule has 14 heteroatoms. The molecule has 0 radical (unpaired) electrons. The maximum atomic E-state index is 12.1. The molecule has 2 rings (SSSR count). The quantitative estimate of drug-likeness (QED) is 0.359. The molecule has 0 spiro atoms. The molecular weight excluding hydrogens is 384 g/mol. The minimum atomic E-state index is -4.59. The topological polar surface area (TPSA) is 176 Å². The molecule has 2 heterocycles. The van der Waals surface area contributed by atoms with E-state index in [4.69, 9.17) is 25.6 Å². The lowest BCUT2D eigenvalue weighted by molar-refractivity contribution is -0.0319. The zero-order chi connectivity index (χ0) is 19.5. The van der Waals surface area contributed by atoms with E-state index in [1.807, 2.05) is 0 Å². The van der Waals surface area contributed by atoms with E-state index < -0.39 is 66.1 Å². The summed E-state index contributed by atoms with van der Waals surface area (Å²) in [6, 6.07) is 0. The third-order valence-corrected chi connectivity index (χ3v) is 5.52. The van der Waals surface area contributed by atoms with Crippen LogP contribution in [0.25, 0.3) is 0 Å². The van der Waals surface area contributed by atoms with Crippen LogP contribution in [-0.2, 0) is 36.7 Å². The smallest absolute Gasteiger partial charge is 0.390 e. The molecule has 0 aromatic rings. The zero-order valence-corrected chi connectivity index (χ0v) is 15.2. The normalized spacial score (nSPS) is 41.2. The Hall–Kier alpha value is 0.0600. The Balaban J connectivity index is 1.87. The first kappa shape index (κ1) is 19.8. The van der Waals surface area contributed by atoms with Crippen LogP contribution in [0.4, 0.5) is 0 Å². The van der Waals surface area contributed by atoms with Crippen LogP contribution in [0.1, 0.15) is 14.2 Å². The second kappa shape index (κ2) is 8.83. The molecular formula is C11H23NO11P2. The van der Waals surface area contributed by atoms with Gasteiger partial charge >= 0.3 is 15.6 Å². The lowest BCUT2D eigenvalue weighted by Gasteiger charge is -2.23. The van der Waals surface area contributed by atoms with Crippen LogP contribution >= 0.6 is 15.6 Å². The molecule has 0 aliphatic carbocycles. The molecule has 2 saturated heterocycles. The van der Waals surface area contributed by atoms with Crippen molar-refractivity contribution >= 4 is 15.6 Å². The summed E-state index contributed by atoms with van der Waals surface area (Å²) in [4.78, 5) is 19.0. The van der Waals surface area contributed by atoms with E-state index >= 15 is 0 Å². The predicted octanol–water partition coefficient (Wildman–Crippen LogP) is -0.524. The molecule has 5 N–H and O–H groups in total. The molecule has 148 valence electrons. The summed E-state index contributed by atoms with van der Waals surface area (Å²) >= 11 is 0. The van der Waals surface area contributed by atoms with Crippen molar-refractivity contribution < 1.29 is 53.0 Å². The molecule has 0 aromatic carbocycles. The van der Waals surface area contributed by atoms with E-state index in [9.17, 15) is 24.0 Å². The van der Waals surface area contributed by atoms with Crippen molar-refractivity contribution in [2.45, 2.75) is 43.5 Å². The van der Waals surface area contributed by atoms with E-state index in [1.54, 1.807) is 0 Å². The average molecular weight is 408 g/mol. The van der Waals surface area contributed by atoms with Crippen molar-refractivity contribution in [1.82, 2.24) is 0 Å². The van der Waals surface area contributed by atoms with Gasteiger partial charge in [0.2, 0.25) is 0 Å². The van der Waals surface area contributed by atoms with E-state index in [2.05, 4.69) is 9.05 Å². The Labute approximate surface area is 145 Å². The number of hydrogen-bond acceptors (Lipinski definition) is 10. The molecule has 0 amide bonds. The van der Waals surface area contributed by atoms with Gasteiger partial charge in [0, 0.05) is 26.5 Å². The molecule has 0 saturated carbocycles. The fraction of sp³-hybridized carbons (Fsp3) is 1.00. The van der Waals surface area contributed by atoms with Gasteiger partial charge in [0.15, 0.2) is 0 Å². The van der Waals surface area contributed by atoms with Gasteiger partial charge in [-0.1, -0.05) is 0 Å². The maximum Gasteiger partial charge on any atom is 0.472 e. The minimum Gasteiger partial charge on any atom is -0.390 e. The van der Waals surface area contributed by atoms with Crippen LogP contribution in [0.3, 0.4) is 0 Å². The zero-order valence-electron chi connectivity index (χ0n) is 14.4. The van der Waals surface area contributed by atoms with Crippen LogP contribution < -0.4 is 5.73 Å². The first-order chi connectivity index (χ1) is 12.0. The second-order valence-corrected chi connectivity index (χ2v) is 8.41. The summed E-state index contributed by atoms with van der Waals surface area (Å²) in [5, 5.41) is 9.67. The monoisotopic (exact) mass is 408 g/mol. The summed E-state index contributed by atoms with van der Waals surface area (Å²) < 4.78 is 59.9. The highest BCUT2D eigenvalue weighted by molar-refractivity contribution is 7.47. The summed E-state index contributed by atoms with van der Waals surface area (Å²) in [7, 11) is -7.90. The number of phosphoric acid groups is 2. The molecule has 25 heavy (non-hydrogen) atoms. The Kier molecular flexibility index (Phi) is 7.00. The minimum absolute atomic E-state index is 0.0852. The molecule has 0 bridgehead atoms. The lowest BCUT2D eigenvalue weighted by atomic mass is 10.2. The van der Waals surface area contributed by atoms with E-state index in [-0.39, 0.29) is 12.8 Å². The van der Waals surface area contributed by atoms with Gasteiger partial charge in [-0.15, -0.1) is 0 Å². The number of ether oxygens (including phenoxy) is 2. The van der Waals surface area contributed by atoms with Gasteiger partial charge in [-0.3, -0.25) is 18.1 Å². The molecule has 2 aliphatic rings. The first-order valence-corrected chi connectivity index (χ1v) is 10.4. The van der Waals surface area contributed by atoms with Gasteiger partial charge in [0.1, 0.15) is 24.5 Å². The van der Waals surface area contributed by atoms with Crippen LogP contribution in [0.2, 0.25) is 0 Å². The van der Waals surface area contributed by atoms with Gasteiger partial charge < -0.3 is 30.1 Å². The highest BCUT2D eigenvalue weighted by atomic mass is 31.2. The van der Waals surface area contributed by atoms with Crippen LogP contribution in [-0.4, -0.2) is 72.4 Å². The van der Waals surface area contributed by atoms with E-state index in [0.717, 1.165) is 7.11 Å². The van der Waals surface area contributed by atoms with Crippen molar-refractivity contribution in [3.63, 3.8) is 0 Å². The van der Waals surface area contributed by atoms with Crippen molar-refractivity contribution in [2.75, 3.05) is 26.9 Å². The third kappa shape index (κ3) is 6.62. The van der Waals surface area contributed by atoms with Gasteiger partial charge in [-0.05, 0) is 0 Å². The highest BCUT2D eigenvalue weighted by Gasteiger charge is 2.39. The molecule has 0 aromatic heterocycles. The number of aliphatic hydroxyl groups is 1. The lowest BCUT2D eigenvalue weighted by Crippen LogP contribution is -2.30.